The van der Waals surface area contributed by atoms with Gasteiger partial charge in [-0.3, -0.25) is 0 Å². The SMILES string of the molecule is CCNC(C)c1nnc(Cc2ccccc2)s1. The zero-order valence-corrected chi connectivity index (χ0v) is 11.0. The minimum atomic E-state index is 0.294. The highest BCUT2D eigenvalue weighted by molar-refractivity contribution is 7.11. The molecule has 4 heteroatoms. The number of hydrogen-bond acceptors (Lipinski definition) is 4. The highest BCUT2D eigenvalue weighted by Gasteiger charge is 2.10. The number of nitrogens with zero attached hydrogens (tertiary/aromatic N) is 2. The third-order valence-corrected chi connectivity index (χ3v) is 3.67. The Hall–Kier alpha value is -1.26. The van der Waals surface area contributed by atoms with Crippen LogP contribution in [0, 0.1) is 0 Å². The number of benzene rings is 1. The van der Waals surface area contributed by atoms with E-state index in [0.717, 1.165) is 23.0 Å². The number of rotatable bonds is 5. The van der Waals surface area contributed by atoms with E-state index in [0.29, 0.717) is 6.04 Å². The second kappa shape index (κ2) is 5.89. The van der Waals surface area contributed by atoms with Gasteiger partial charge in [0.25, 0.3) is 0 Å². The molecule has 0 aliphatic heterocycles. The number of nitrogens with one attached hydrogen (secondary N) is 1. The summed E-state index contributed by atoms with van der Waals surface area (Å²) in [7, 11) is 0. The first-order valence-corrected chi connectivity index (χ1v) is 6.71. The van der Waals surface area contributed by atoms with Crippen LogP contribution in [0.1, 0.15) is 35.5 Å². The molecule has 0 fully saturated rings. The minimum absolute atomic E-state index is 0.294. The van der Waals surface area contributed by atoms with Crippen molar-refractivity contribution in [3.8, 4) is 0 Å². The van der Waals surface area contributed by atoms with Crippen LogP contribution in [-0.2, 0) is 6.42 Å². The predicted octanol–water partition coefficient (Wildman–Crippen LogP) is 2.80. The molecule has 0 saturated heterocycles. The Morgan fingerprint density at radius 2 is 2.00 bits per heavy atom. The van der Waals surface area contributed by atoms with Crippen molar-refractivity contribution in [2.24, 2.45) is 0 Å². The summed E-state index contributed by atoms with van der Waals surface area (Å²) in [6.45, 7) is 5.17. The van der Waals surface area contributed by atoms with E-state index in [2.05, 4.69) is 53.6 Å². The van der Waals surface area contributed by atoms with E-state index in [1.165, 1.54) is 5.56 Å². The highest BCUT2D eigenvalue weighted by Crippen LogP contribution is 2.19. The summed E-state index contributed by atoms with van der Waals surface area (Å²) in [6, 6.07) is 10.7. The zero-order valence-electron chi connectivity index (χ0n) is 10.2. The normalized spacial score (nSPS) is 12.6. The first-order valence-electron chi connectivity index (χ1n) is 5.89. The summed E-state index contributed by atoms with van der Waals surface area (Å²) in [5.74, 6) is 0. The maximum Gasteiger partial charge on any atom is 0.134 e. The third kappa shape index (κ3) is 3.35. The molecule has 1 aromatic heterocycles. The molecular weight excluding hydrogens is 230 g/mol. The van der Waals surface area contributed by atoms with E-state index in [1.54, 1.807) is 11.3 Å². The average Bonchev–Trinajstić information content (AvgIpc) is 2.79. The summed E-state index contributed by atoms with van der Waals surface area (Å²) in [5, 5.41) is 14.0. The molecular formula is C13H17N3S. The van der Waals surface area contributed by atoms with Gasteiger partial charge in [0.15, 0.2) is 0 Å². The molecule has 0 spiro atoms. The highest BCUT2D eigenvalue weighted by atomic mass is 32.1. The molecule has 0 aliphatic carbocycles. The number of aromatic nitrogens is 2. The quantitative estimate of drug-likeness (QED) is 0.883. The van der Waals surface area contributed by atoms with Crippen molar-refractivity contribution in [3.05, 3.63) is 45.9 Å². The van der Waals surface area contributed by atoms with Crippen LogP contribution < -0.4 is 5.32 Å². The maximum atomic E-state index is 4.24. The molecule has 1 atom stereocenters. The van der Waals surface area contributed by atoms with Gasteiger partial charge >= 0.3 is 0 Å². The van der Waals surface area contributed by atoms with Gasteiger partial charge in [0, 0.05) is 6.42 Å². The van der Waals surface area contributed by atoms with Gasteiger partial charge in [0.1, 0.15) is 10.0 Å². The molecule has 1 heterocycles. The first-order chi connectivity index (χ1) is 8.29. The van der Waals surface area contributed by atoms with E-state index in [-0.39, 0.29) is 0 Å². The molecule has 0 amide bonds. The molecule has 1 N–H and O–H groups in total. The lowest BCUT2D eigenvalue weighted by molar-refractivity contribution is 0.589. The molecule has 0 aliphatic rings. The molecule has 17 heavy (non-hydrogen) atoms. The lowest BCUT2D eigenvalue weighted by Crippen LogP contribution is -2.17. The molecule has 0 bridgehead atoms. The Morgan fingerprint density at radius 1 is 1.24 bits per heavy atom. The Balaban J connectivity index is 2.04. The van der Waals surface area contributed by atoms with Gasteiger partial charge in [-0.05, 0) is 19.0 Å². The lowest BCUT2D eigenvalue weighted by Gasteiger charge is -2.06. The van der Waals surface area contributed by atoms with Crippen LogP contribution in [0.5, 0.6) is 0 Å². The van der Waals surface area contributed by atoms with Gasteiger partial charge in [-0.25, -0.2) is 0 Å². The fourth-order valence-electron chi connectivity index (χ4n) is 1.68. The first kappa shape index (κ1) is 12.2. The average molecular weight is 247 g/mol. The van der Waals surface area contributed by atoms with Crippen LogP contribution in [0.25, 0.3) is 0 Å². The topological polar surface area (TPSA) is 37.8 Å². The fourth-order valence-corrected chi connectivity index (χ4v) is 2.58. The van der Waals surface area contributed by atoms with Gasteiger partial charge in [-0.1, -0.05) is 48.6 Å². The van der Waals surface area contributed by atoms with Gasteiger partial charge in [-0.2, -0.15) is 0 Å². The van der Waals surface area contributed by atoms with Crippen LogP contribution in [0.3, 0.4) is 0 Å². The van der Waals surface area contributed by atoms with E-state index in [4.69, 9.17) is 0 Å². The van der Waals surface area contributed by atoms with Crippen molar-refractivity contribution in [2.75, 3.05) is 6.54 Å². The van der Waals surface area contributed by atoms with Crippen LogP contribution in [0.15, 0.2) is 30.3 Å². The molecule has 2 aromatic rings. The second-order valence-electron chi connectivity index (χ2n) is 3.98. The largest absolute Gasteiger partial charge is 0.308 e. The maximum absolute atomic E-state index is 4.24. The van der Waals surface area contributed by atoms with E-state index >= 15 is 0 Å². The molecule has 1 aromatic carbocycles. The van der Waals surface area contributed by atoms with Gasteiger partial charge in [-0.15, -0.1) is 10.2 Å². The summed E-state index contributed by atoms with van der Waals surface area (Å²) in [6.07, 6.45) is 0.872. The smallest absolute Gasteiger partial charge is 0.134 e. The van der Waals surface area contributed by atoms with E-state index < -0.39 is 0 Å². The molecule has 90 valence electrons. The Bertz CT molecular complexity index is 453. The summed E-state index contributed by atoms with van der Waals surface area (Å²) in [5.41, 5.74) is 1.28. The summed E-state index contributed by atoms with van der Waals surface area (Å²) < 4.78 is 0. The van der Waals surface area contributed by atoms with Gasteiger partial charge in [0.05, 0.1) is 6.04 Å². The van der Waals surface area contributed by atoms with Gasteiger partial charge in [0.2, 0.25) is 0 Å². The molecule has 0 radical (unpaired) electrons. The Labute approximate surface area is 106 Å². The minimum Gasteiger partial charge on any atom is -0.308 e. The molecule has 0 saturated carbocycles. The predicted molar refractivity (Wildman–Crippen MR) is 71.2 cm³/mol. The Kier molecular flexibility index (Phi) is 4.23. The number of hydrogen-bond donors (Lipinski definition) is 1. The fraction of sp³-hybridized carbons (Fsp3) is 0.385. The van der Waals surface area contributed by atoms with Crippen LogP contribution >= 0.6 is 11.3 Å². The monoisotopic (exact) mass is 247 g/mol. The van der Waals surface area contributed by atoms with Gasteiger partial charge < -0.3 is 5.32 Å². The van der Waals surface area contributed by atoms with Crippen LogP contribution in [0.4, 0.5) is 0 Å². The zero-order chi connectivity index (χ0) is 12.1. The molecule has 3 nitrogen and oxygen atoms in total. The van der Waals surface area contributed by atoms with E-state index in [9.17, 15) is 0 Å². The molecule has 1 unspecified atom stereocenters. The second-order valence-corrected chi connectivity index (χ2v) is 5.07. The Morgan fingerprint density at radius 3 is 2.71 bits per heavy atom. The van der Waals surface area contributed by atoms with Crippen LogP contribution in [0.2, 0.25) is 0 Å². The van der Waals surface area contributed by atoms with Crippen molar-refractivity contribution in [2.45, 2.75) is 26.3 Å². The van der Waals surface area contributed by atoms with Crippen molar-refractivity contribution < 1.29 is 0 Å². The van der Waals surface area contributed by atoms with E-state index in [1.807, 2.05) is 6.07 Å². The van der Waals surface area contributed by atoms with Crippen molar-refractivity contribution in [1.29, 1.82) is 0 Å². The lowest BCUT2D eigenvalue weighted by atomic mass is 10.2. The third-order valence-electron chi connectivity index (χ3n) is 2.56. The molecule has 2 rings (SSSR count). The standard InChI is InChI=1S/C13H17N3S/c1-3-14-10(2)13-16-15-12(17-13)9-11-7-5-4-6-8-11/h4-8,10,14H,3,9H2,1-2H3. The van der Waals surface area contributed by atoms with Crippen molar-refractivity contribution in [1.82, 2.24) is 15.5 Å². The van der Waals surface area contributed by atoms with Crippen LogP contribution in [-0.4, -0.2) is 16.7 Å². The van der Waals surface area contributed by atoms with Crippen molar-refractivity contribution >= 4 is 11.3 Å². The summed E-state index contributed by atoms with van der Waals surface area (Å²) >= 11 is 1.69. The van der Waals surface area contributed by atoms with Crippen molar-refractivity contribution in [3.63, 3.8) is 0 Å². The summed E-state index contributed by atoms with van der Waals surface area (Å²) in [4.78, 5) is 0.